The first-order valence-electron chi connectivity index (χ1n) is 8.45. The molecule has 0 spiro atoms. The summed E-state index contributed by atoms with van der Waals surface area (Å²) in [4.78, 5) is 0. The molecule has 0 radical (unpaired) electrons. The Bertz CT molecular complexity index is 320. The maximum atomic E-state index is 10.7. The molecule has 1 N–H and O–H groups in total. The topological polar surface area (TPSA) is 63.6 Å². The van der Waals surface area contributed by atoms with Gasteiger partial charge in [-0.1, -0.05) is 84.7 Å². The van der Waals surface area contributed by atoms with Crippen molar-refractivity contribution in [3.63, 3.8) is 0 Å². The molecule has 6 heteroatoms. The quantitative estimate of drug-likeness (QED) is 0.214. The van der Waals surface area contributed by atoms with E-state index >= 15 is 0 Å². The minimum Gasteiger partial charge on any atom is -0.287 e. The minimum atomic E-state index is -4.32. The second kappa shape index (κ2) is 16.7. The van der Waals surface area contributed by atoms with E-state index in [1.54, 1.807) is 0 Å². The van der Waals surface area contributed by atoms with Crippen molar-refractivity contribution in [1.82, 2.24) is 0 Å². The van der Waals surface area contributed by atoms with Gasteiger partial charge in [0.25, 0.3) is 0 Å². The normalized spacial score (nSPS) is 11.6. The fourth-order valence-corrected chi connectivity index (χ4v) is 2.70. The van der Waals surface area contributed by atoms with Crippen molar-refractivity contribution >= 4 is 10.4 Å². The number of hydrogen-bond donors (Lipinski definition) is 1. The molecule has 0 aromatic carbocycles. The average molecular weight is 344 g/mol. The molecule has 128 valence electrons. The van der Waals surface area contributed by atoms with Crippen molar-refractivity contribution in [2.24, 2.45) is 0 Å². The standard InChI is InChI=1S/C16H33O4S.Na/c1-3-5-7-9-10-12-14-16(13-11-8-6-4-2)15-20-21(17,18)19;/h3-15H2,1-2H3,(H,17,18,19);/q-1;+1. The summed E-state index contributed by atoms with van der Waals surface area (Å²) >= 11 is 0. The molecule has 0 heterocycles. The van der Waals surface area contributed by atoms with E-state index in [0.717, 1.165) is 31.6 Å². The van der Waals surface area contributed by atoms with Crippen LogP contribution in [-0.2, 0) is 14.6 Å². The van der Waals surface area contributed by atoms with E-state index in [1.165, 1.54) is 51.4 Å². The molecule has 0 aliphatic rings. The third kappa shape index (κ3) is 18.9. The Morgan fingerprint density at radius 1 is 0.818 bits per heavy atom. The summed E-state index contributed by atoms with van der Waals surface area (Å²) in [5.74, 6) is 1.11. The Kier molecular flexibility index (Phi) is 19.1. The van der Waals surface area contributed by atoms with E-state index < -0.39 is 10.4 Å². The Balaban J connectivity index is 0. The van der Waals surface area contributed by atoms with Gasteiger partial charge in [-0.05, 0) is 0 Å². The van der Waals surface area contributed by atoms with Crippen molar-refractivity contribution in [1.29, 1.82) is 0 Å². The van der Waals surface area contributed by atoms with Gasteiger partial charge in [0, 0.05) is 0 Å². The molecule has 0 aliphatic carbocycles. The van der Waals surface area contributed by atoms with Crippen LogP contribution in [0.5, 0.6) is 0 Å². The van der Waals surface area contributed by atoms with Gasteiger partial charge < -0.3 is 0 Å². The van der Waals surface area contributed by atoms with E-state index in [1.807, 2.05) is 0 Å². The first-order valence-corrected chi connectivity index (χ1v) is 9.81. The molecule has 0 aliphatic heterocycles. The third-order valence-electron chi connectivity index (χ3n) is 3.68. The monoisotopic (exact) mass is 344 g/mol. The molecule has 4 nitrogen and oxygen atoms in total. The van der Waals surface area contributed by atoms with Crippen molar-refractivity contribution in [3.05, 3.63) is 5.92 Å². The van der Waals surface area contributed by atoms with Crippen molar-refractivity contribution in [2.45, 2.75) is 90.9 Å². The van der Waals surface area contributed by atoms with Crippen molar-refractivity contribution < 1.29 is 46.7 Å². The van der Waals surface area contributed by atoms with Gasteiger partial charge in [-0.3, -0.25) is 14.7 Å². The molecule has 0 rings (SSSR count). The van der Waals surface area contributed by atoms with Crippen LogP contribution in [0.4, 0.5) is 0 Å². The van der Waals surface area contributed by atoms with Crippen LogP contribution in [0.15, 0.2) is 0 Å². The van der Waals surface area contributed by atoms with E-state index in [-0.39, 0.29) is 36.2 Å². The van der Waals surface area contributed by atoms with E-state index in [0.29, 0.717) is 0 Å². The Hall–Kier alpha value is 0.870. The number of hydrogen-bond acceptors (Lipinski definition) is 3. The first-order chi connectivity index (χ1) is 9.99. The van der Waals surface area contributed by atoms with Crippen LogP contribution in [0, 0.1) is 5.92 Å². The zero-order valence-corrected chi connectivity index (χ0v) is 17.6. The van der Waals surface area contributed by atoms with Crippen molar-refractivity contribution in [2.75, 3.05) is 6.61 Å². The van der Waals surface area contributed by atoms with Crippen LogP contribution in [0.25, 0.3) is 0 Å². The van der Waals surface area contributed by atoms with Crippen LogP contribution < -0.4 is 29.6 Å². The Labute approximate surface area is 160 Å². The van der Waals surface area contributed by atoms with E-state index in [4.69, 9.17) is 4.55 Å². The van der Waals surface area contributed by atoms with Crippen LogP contribution in [0.3, 0.4) is 0 Å². The molecule has 0 bridgehead atoms. The smallest absolute Gasteiger partial charge is 0.287 e. The van der Waals surface area contributed by atoms with Gasteiger partial charge in [-0.2, -0.15) is 21.3 Å². The van der Waals surface area contributed by atoms with Gasteiger partial charge in [0.05, 0.1) is 0 Å². The van der Waals surface area contributed by atoms with Gasteiger partial charge in [-0.25, -0.2) is 0 Å². The van der Waals surface area contributed by atoms with Crippen LogP contribution in [-0.4, -0.2) is 19.6 Å². The summed E-state index contributed by atoms with van der Waals surface area (Å²) in [7, 11) is -4.32. The molecule has 0 aromatic heterocycles. The fraction of sp³-hybridized carbons (Fsp3) is 0.938. The summed E-state index contributed by atoms with van der Waals surface area (Å²) in [6, 6.07) is 0. The van der Waals surface area contributed by atoms with E-state index in [9.17, 15) is 8.42 Å². The summed E-state index contributed by atoms with van der Waals surface area (Å²) in [5, 5.41) is 0. The predicted molar refractivity (Wildman–Crippen MR) is 87.5 cm³/mol. The molecular weight excluding hydrogens is 311 g/mol. The number of unbranched alkanes of at least 4 members (excludes halogenated alkanes) is 8. The fourth-order valence-electron chi connectivity index (χ4n) is 2.38. The maximum absolute atomic E-state index is 10.7. The summed E-state index contributed by atoms with van der Waals surface area (Å²) in [6.07, 6.45) is 13.8. The zero-order valence-electron chi connectivity index (χ0n) is 14.8. The first kappa shape index (κ1) is 25.1. The molecule has 0 fully saturated rings. The molecule has 0 saturated carbocycles. The molecule has 0 amide bonds. The molecule has 0 atom stereocenters. The van der Waals surface area contributed by atoms with Crippen molar-refractivity contribution in [3.8, 4) is 0 Å². The van der Waals surface area contributed by atoms with Crippen LogP contribution in [0.1, 0.15) is 90.9 Å². The summed E-state index contributed by atoms with van der Waals surface area (Å²) in [6.45, 7) is 4.41. The summed E-state index contributed by atoms with van der Waals surface area (Å²) in [5.41, 5.74) is 0. The molecule has 0 saturated heterocycles. The Morgan fingerprint density at radius 2 is 1.23 bits per heavy atom. The van der Waals surface area contributed by atoms with Gasteiger partial charge in [0.1, 0.15) is 0 Å². The van der Waals surface area contributed by atoms with Gasteiger partial charge in [0.2, 0.25) is 0 Å². The molecule has 0 unspecified atom stereocenters. The van der Waals surface area contributed by atoms with E-state index in [2.05, 4.69) is 18.0 Å². The van der Waals surface area contributed by atoms with Gasteiger partial charge >= 0.3 is 40.0 Å². The molecule has 0 aromatic rings. The second-order valence-corrected chi connectivity index (χ2v) is 6.86. The molecular formula is C16H33NaO4S. The summed E-state index contributed by atoms with van der Waals surface area (Å²) < 4.78 is 34.6. The number of rotatable bonds is 15. The van der Waals surface area contributed by atoms with Crippen LogP contribution in [0.2, 0.25) is 0 Å². The second-order valence-electron chi connectivity index (χ2n) is 5.77. The average Bonchev–Trinajstić information content (AvgIpc) is 2.42. The minimum absolute atomic E-state index is 0. The Morgan fingerprint density at radius 3 is 1.68 bits per heavy atom. The van der Waals surface area contributed by atoms with Gasteiger partial charge in [-0.15, -0.1) is 0 Å². The molecule has 22 heavy (non-hydrogen) atoms. The largest absolute Gasteiger partial charge is 1.00 e. The maximum Gasteiger partial charge on any atom is 1.00 e. The predicted octanol–water partition coefficient (Wildman–Crippen LogP) is 2.11. The zero-order chi connectivity index (χ0) is 16.0. The third-order valence-corrected chi connectivity index (χ3v) is 4.10. The SMILES string of the molecule is CCCCCCCC[C-](CCCCCC)COS(=O)(=O)O.[Na+]. The van der Waals surface area contributed by atoms with Gasteiger partial charge in [0.15, 0.2) is 0 Å². The van der Waals surface area contributed by atoms with Crippen LogP contribution >= 0.6 is 0 Å².